The maximum Gasteiger partial charge on any atom is 0.241 e. The fourth-order valence-corrected chi connectivity index (χ4v) is 3.33. The Hall–Kier alpha value is -1.10. The van der Waals surface area contributed by atoms with E-state index in [1.165, 1.54) is 19.4 Å². The zero-order valence-electron chi connectivity index (χ0n) is 14.6. The number of carbonyl (C=O) groups is 1. The number of halogens is 1. The first-order chi connectivity index (χ1) is 10.9. The topological polar surface area (TPSA) is 35.6 Å². The Labute approximate surface area is 144 Å². The summed E-state index contributed by atoms with van der Waals surface area (Å²) in [4.78, 5) is 17.0. The van der Waals surface area contributed by atoms with Crippen LogP contribution >= 0.6 is 11.6 Å². The van der Waals surface area contributed by atoms with Gasteiger partial charge in [-0.05, 0) is 70.9 Å². The van der Waals surface area contributed by atoms with E-state index in [0.29, 0.717) is 10.9 Å². The second-order valence-electron chi connectivity index (χ2n) is 6.83. The number of aryl methyl sites for hydroxylation is 1. The fraction of sp³-hybridized carbons (Fsp3) is 0.611. The summed E-state index contributed by atoms with van der Waals surface area (Å²) >= 11 is 6.02. The molecule has 1 aromatic carbocycles. The lowest BCUT2D eigenvalue weighted by atomic mass is 9.97. The SMILES string of the molecule is Cc1ccc(Cl)cc1NC(=O)C(C)N(C)CC1CCCN(C)C1. The van der Waals surface area contributed by atoms with Crippen LogP contribution in [0.2, 0.25) is 5.02 Å². The van der Waals surface area contributed by atoms with Gasteiger partial charge < -0.3 is 10.2 Å². The molecule has 5 heteroatoms. The lowest BCUT2D eigenvalue weighted by Crippen LogP contribution is -2.45. The standard InChI is InChI=1S/C18H28ClN3O/c1-13-7-8-16(19)10-17(13)20-18(23)14(2)22(4)12-15-6-5-9-21(3)11-15/h7-8,10,14-15H,5-6,9,11-12H2,1-4H3,(H,20,23). The van der Waals surface area contributed by atoms with E-state index in [2.05, 4.69) is 22.2 Å². The molecule has 1 aliphatic rings. The lowest BCUT2D eigenvalue weighted by molar-refractivity contribution is -0.120. The second-order valence-corrected chi connectivity index (χ2v) is 7.27. The van der Waals surface area contributed by atoms with Gasteiger partial charge in [-0.2, -0.15) is 0 Å². The van der Waals surface area contributed by atoms with Crippen molar-refractivity contribution >= 4 is 23.2 Å². The number of benzene rings is 1. The molecule has 1 N–H and O–H groups in total. The third-order valence-corrected chi connectivity index (χ3v) is 5.00. The number of nitrogens with zero attached hydrogens (tertiary/aromatic N) is 2. The largest absolute Gasteiger partial charge is 0.324 e. The smallest absolute Gasteiger partial charge is 0.241 e. The van der Waals surface area contributed by atoms with E-state index in [-0.39, 0.29) is 11.9 Å². The molecular formula is C18H28ClN3O. The highest BCUT2D eigenvalue weighted by Gasteiger charge is 2.24. The molecule has 1 aromatic rings. The monoisotopic (exact) mass is 337 g/mol. The quantitative estimate of drug-likeness (QED) is 0.895. The molecule has 0 saturated carbocycles. The van der Waals surface area contributed by atoms with Crippen molar-refractivity contribution in [1.29, 1.82) is 0 Å². The summed E-state index contributed by atoms with van der Waals surface area (Å²) in [7, 11) is 4.20. The summed E-state index contributed by atoms with van der Waals surface area (Å²) in [6.45, 7) is 7.18. The third kappa shape index (κ3) is 5.20. The van der Waals surface area contributed by atoms with Gasteiger partial charge in [0.2, 0.25) is 5.91 Å². The molecule has 1 aliphatic heterocycles. The maximum absolute atomic E-state index is 12.5. The first-order valence-corrected chi connectivity index (χ1v) is 8.70. The number of carbonyl (C=O) groups excluding carboxylic acids is 1. The minimum absolute atomic E-state index is 0.0158. The van der Waals surface area contributed by atoms with Crippen LogP contribution in [0.5, 0.6) is 0 Å². The van der Waals surface area contributed by atoms with Gasteiger partial charge in [0, 0.05) is 23.8 Å². The molecule has 1 heterocycles. The molecule has 4 nitrogen and oxygen atoms in total. The summed E-state index contributed by atoms with van der Waals surface area (Å²) in [6, 6.07) is 5.39. The molecule has 0 aliphatic carbocycles. The van der Waals surface area contributed by atoms with E-state index in [0.717, 1.165) is 24.3 Å². The summed E-state index contributed by atoms with van der Waals surface area (Å²) in [5, 5.41) is 3.64. The molecule has 0 aromatic heterocycles. The summed E-state index contributed by atoms with van der Waals surface area (Å²) < 4.78 is 0. The van der Waals surface area contributed by atoms with Gasteiger partial charge in [0.05, 0.1) is 6.04 Å². The molecule has 1 fully saturated rings. The van der Waals surface area contributed by atoms with Crippen LogP contribution < -0.4 is 5.32 Å². The van der Waals surface area contributed by atoms with Crippen LogP contribution in [0.4, 0.5) is 5.69 Å². The van der Waals surface area contributed by atoms with Gasteiger partial charge in [0.25, 0.3) is 0 Å². The molecule has 1 amide bonds. The number of likely N-dealkylation sites (tertiary alicyclic amines) is 1. The van der Waals surface area contributed by atoms with Gasteiger partial charge >= 0.3 is 0 Å². The Morgan fingerprint density at radius 1 is 1.52 bits per heavy atom. The molecule has 23 heavy (non-hydrogen) atoms. The van der Waals surface area contributed by atoms with Crippen LogP contribution in [0.15, 0.2) is 18.2 Å². The van der Waals surface area contributed by atoms with Gasteiger partial charge in [0.1, 0.15) is 0 Å². The normalized spacial score (nSPS) is 20.5. The number of hydrogen-bond acceptors (Lipinski definition) is 3. The third-order valence-electron chi connectivity index (χ3n) is 4.77. The van der Waals surface area contributed by atoms with Crippen LogP contribution in [0.1, 0.15) is 25.3 Å². The molecular weight excluding hydrogens is 310 g/mol. The van der Waals surface area contributed by atoms with Crippen molar-refractivity contribution in [3.8, 4) is 0 Å². The van der Waals surface area contributed by atoms with Crippen molar-refractivity contribution in [2.45, 2.75) is 32.7 Å². The number of nitrogens with one attached hydrogen (secondary N) is 1. The van der Waals surface area contributed by atoms with Crippen LogP contribution in [0, 0.1) is 12.8 Å². The van der Waals surface area contributed by atoms with Crippen molar-refractivity contribution < 1.29 is 4.79 Å². The van der Waals surface area contributed by atoms with Gasteiger partial charge in [0.15, 0.2) is 0 Å². The first-order valence-electron chi connectivity index (χ1n) is 8.32. The number of amides is 1. The van der Waals surface area contributed by atoms with E-state index in [4.69, 9.17) is 11.6 Å². The molecule has 1 saturated heterocycles. The average molecular weight is 338 g/mol. The first kappa shape index (κ1) is 18.2. The van der Waals surface area contributed by atoms with E-state index in [1.807, 2.05) is 33.0 Å². The van der Waals surface area contributed by atoms with Crippen LogP contribution in [0.3, 0.4) is 0 Å². The van der Waals surface area contributed by atoms with Crippen molar-refractivity contribution in [2.24, 2.45) is 5.92 Å². The Balaban J connectivity index is 1.91. The summed E-state index contributed by atoms with van der Waals surface area (Å²) in [5.74, 6) is 0.656. The van der Waals surface area contributed by atoms with Crippen LogP contribution in [0.25, 0.3) is 0 Å². The van der Waals surface area contributed by atoms with Gasteiger partial charge in [-0.3, -0.25) is 9.69 Å². The molecule has 2 unspecified atom stereocenters. The zero-order valence-corrected chi connectivity index (χ0v) is 15.4. The highest BCUT2D eigenvalue weighted by Crippen LogP contribution is 2.21. The predicted molar refractivity (Wildman–Crippen MR) is 97.1 cm³/mol. The Kier molecular flexibility index (Phi) is 6.45. The second kappa shape index (κ2) is 8.13. The average Bonchev–Trinajstić information content (AvgIpc) is 2.50. The highest BCUT2D eigenvalue weighted by molar-refractivity contribution is 6.31. The van der Waals surface area contributed by atoms with Crippen LogP contribution in [-0.4, -0.2) is 55.5 Å². The van der Waals surface area contributed by atoms with E-state index in [1.54, 1.807) is 6.07 Å². The minimum Gasteiger partial charge on any atom is -0.324 e. The van der Waals surface area contributed by atoms with Crippen molar-refractivity contribution in [1.82, 2.24) is 9.80 Å². The number of hydrogen-bond donors (Lipinski definition) is 1. The molecule has 0 bridgehead atoms. The Morgan fingerprint density at radius 3 is 2.96 bits per heavy atom. The van der Waals surface area contributed by atoms with E-state index >= 15 is 0 Å². The van der Waals surface area contributed by atoms with Gasteiger partial charge in [-0.15, -0.1) is 0 Å². The summed E-state index contributed by atoms with van der Waals surface area (Å²) in [5.41, 5.74) is 1.81. The van der Waals surface area contributed by atoms with E-state index < -0.39 is 0 Å². The molecule has 0 radical (unpaired) electrons. The van der Waals surface area contributed by atoms with Crippen molar-refractivity contribution in [2.75, 3.05) is 39.0 Å². The number of likely N-dealkylation sites (N-methyl/N-ethyl adjacent to an activating group) is 1. The van der Waals surface area contributed by atoms with Crippen molar-refractivity contribution in [3.05, 3.63) is 28.8 Å². The highest BCUT2D eigenvalue weighted by atomic mass is 35.5. The van der Waals surface area contributed by atoms with Gasteiger partial charge in [-0.25, -0.2) is 0 Å². The van der Waals surface area contributed by atoms with Crippen molar-refractivity contribution in [3.63, 3.8) is 0 Å². The zero-order chi connectivity index (χ0) is 17.0. The molecule has 2 atom stereocenters. The lowest BCUT2D eigenvalue weighted by Gasteiger charge is -2.34. The van der Waals surface area contributed by atoms with Crippen LogP contribution in [-0.2, 0) is 4.79 Å². The number of rotatable bonds is 5. The molecule has 0 spiro atoms. The summed E-state index contributed by atoms with van der Waals surface area (Å²) in [6.07, 6.45) is 2.49. The maximum atomic E-state index is 12.5. The molecule has 128 valence electrons. The minimum atomic E-state index is -0.166. The molecule has 2 rings (SSSR count). The van der Waals surface area contributed by atoms with Gasteiger partial charge in [-0.1, -0.05) is 17.7 Å². The number of anilines is 1. The number of piperidine rings is 1. The van der Waals surface area contributed by atoms with E-state index in [9.17, 15) is 4.79 Å². The Morgan fingerprint density at radius 2 is 2.26 bits per heavy atom. The fourth-order valence-electron chi connectivity index (χ4n) is 3.15. The predicted octanol–water partition coefficient (Wildman–Crippen LogP) is 3.25. The Bertz CT molecular complexity index is 549.